The molecule has 0 unspecified atom stereocenters. The fourth-order valence-corrected chi connectivity index (χ4v) is 0.759. The van der Waals surface area contributed by atoms with Gasteiger partial charge in [0, 0.05) is 0 Å². The van der Waals surface area contributed by atoms with Crippen molar-refractivity contribution in [1.29, 1.82) is 0 Å². The van der Waals surface area contributed by atoms with E-state index in [1.54, 1.807) is 0 Å². The van der Waals surface area contributed by atoms with Crippen molar-refractivity contribution in [1.82, 2.24) is 5.32 Å². The van der Waals surface area contributed by atoms with Crippen molar-refractivity contribution in [2.75, 3.05) is 7.11 Å². The highest BCUT2D eigenvalue weighted by Gasteiger charge is 2.16. The topological polar surface area (TPSA) is 55.4 Å². The van der Waals surface area contributed by atoms with Gasteiger partial charge in [0.2, 0.25) is 0 Å². The van der Waals surface area contributed by atoms with Gasteiger partial charge in [-0.25, -0.2) is 4.79 Å². The van der Waals surface area contributed by atoms with Crippen LogP contribution in [0.15, 0.2) is 0 Å². The molecule has 0 aliphatic carbocycles. The Morgan fingerprint density at radius 2 is 2.25 bits per heavy atom. The summed E-state index contributed by atoms with van der Waals surface area (Å²) >= 11 is 0. The first-order valence-electron chi connectivity index (χ1n) is 3.95. The van der Waals surface area contributed by atoms with Crippen molar-refractivity contribution in [2.24, 2.45) is 5.92 Å². The maximum absolute atomic E-state index is 10.7. The van der Waals surface area contributed by atoms with Gasteiger partial charge in [-0.05, 0) is 5.92 Å². The Hall–Kier alpha value is -1.06. The molecule has 0 aromatic heterocycles. The molecule has 12 heavy (non-hydrogen) atoms. The zero-order valence-electron chi connectivity index (χ0n) is 7.66. The smallest absolute Gasteiger partial charge is 0.407 e. The van der Waals surface area contributed by atoms with Crippen LogP contribution in [0.1, 0.15) is 20.3 Å². The average Bonchev–Trinajstić information content (AvgIpc) is 2.12. The second-order valence-electron chi connectivity index (χ2n) is 2.68. The van der Waals surface area contributed by atoms with Crippen LogP contribution in [0.3, 0.4) is 0 Å². The second kappa shape index (κ2) is 5.57. The summed E-state index contributed by atoms with van der Waals surface area (Å²) in [4.78, 5) is 21.2. The van der Waals surface area contributed by atoms with Crippen molar-refractivity contribution < 1.29 is 14.3 Å². The molecule has 0 spiro atoms. The number of rotatable bonds is 4. The van der Waals surface area contributed by atoms with Crippen LogP contribution in [-0.2, 0) is 9.53 Å². The monoisotopic (exact) mass is 173 g/mol. The minimum Gasteiger partial charge on any atom is -0.453 e. The number of ether oxygens (including phenoxy) is 1. The van der Waals surface area contributed by atoms with Crippen molar-refractivity contribution in [3.63, 3.8) is 0 Å². The van der Waals surface area contributed by atoms with E-state index in [9.17, 15) is 9.59 Å². The van der Waals surface area contributed by atoms with E-state index in [2.05, 4.69) is 10.1 Å². The van der Waals surface area contributed by atoms with Gasteiger partial charge in [-0.1, -0.05) is 20.3 Å². The molecule has 0 aliphatic heterocycles. The molecule has 0 fully saturated rings. The van der Waals surface area contributed by atoms with Crippen molar-refractivity contribution in [3.05, 3.63) is 0 Å². The standard InChI is InChI=1S/C8H15NO3/c1-4-6(2)7(5-10)9-8(11)12-3/h5-7H,4H2,1-3H3,(H,9,11)/t6-,7-/m1/s1. The maximum Gasteiger partial charge on any atom is 0.407 e. The van der Waals surface area contributed by atoms with Gasteiger partial charge in [-0.15, -0.1) is 0 Å². The Bertz CT molecular complexity index is 158. The molecule has 0 rings (SSSR count). The Kier molecular flexibility index (Phi) is 5.08. The molecular formula is C8H15NO3. The first-order chi connectivity index (χ1) is 5.65. The molecule has 70 valence electrons. The molecule has 0 heterocycles. The normalized spacial score (nSPS) is 14.6. The molecule has 1 N–H and O–H groups in total. The van der Waals surface area contributed by atoms with Gasteiger partial charge < -0.3 is 14.8 Å². The highest BCUT2D eigenvalue weighted by molar-refractivity contribution is 5.73. The van der Waals surface area contributed by atoms with Gasteiger partial charge in [0.15, 0.2) is 0 Å². The van der Waals surface area contributed by atoms with Crippen LogP contribution in [-0.4, -0.2) is 25.5 Å². The average molecular weight is 173 g/mol. The largest absolute Gasteiger partial charge is 0.453 e. The maximum atomic E-state index is 10.7. The van der Waals surface area contributed by atoms with Gasteiger partial charge in [0.25, 0.3) is 0 Å². The molecule has 4 heteroatoms. The number of nitrogens with one attached hydrogen (secondary N) is 1. The van der Waals surface area contributed by atoms with Crippen LogP contribution < -0.4 is 5.32 Å². The van der Waals surface area contributed by atoms with E-state index in [1.807, 2.05) is 13.8 Å². The van der Waals surface area contributed by atoms with E-state index < -0.39 is 12.1 Å². The van der Waals surface area contributed by atoms with Gasteiger partial charge in [-0.3, -0.25) is 0 Å². The zero-order valence-corrected chi connectivity index (χ0v) is 7.66. The summed E-state index contributed by atoms with van der Waals surface area (Å²) in [6.45, 7) is 3.86. The van der Waals surface area contributed by atoms with E-state index in [-0.39, 0.29) is 5.92 Å². The van der Waals surface area contributed by atoms with Crippen molar-refractivity contribution in [3.8, 4) is 0 Å². The summed E-state index contributed by atoms with van der Waals surface area (Å²) in [5.41, 5.74) is 0. The zero-order chi connectivity index (χ0) is 9.56. The summed E-state index contributed by atoms with van der Waals surface area (Å²) in [6, 6.07) is -0.442. The Balaban J connectivity index is 3.98. The van der Waals surface area contributed by atoms with E-state index in [0.29, 0.717) is 0 Å². The summed E-state index contributed by atoms with van der Waals surface area (Å²) in [7, 11) is 1.27. The van der Waals surface area contributed by atoms with Crippen molar-refractivity contribution >= 4 is 12.4 Å². The Labute approximate surface area is 72.3 Å². The minimum atomic E-state index is -0.563. The SMILES string of the molecule is CC[C@@H](C)[C@@H](C=O)NC(=O)OC. The van der Waals surface area contributed by atoms with Crippen LogP contribution in [0.25, 0.3) is 0 Å². The molecule has 0 radical (unpaired) electrons. The highest BCUT2D eigenvalue weighted by atomic mass is 16.5. The van der Waals surface area contributed by atoms with E-state index >= 15 is 0 Å². The molecule has 4 nitrogen and oxygen atoms in total. The first-order valence-corrected chi connectivity index (χ1v) is 3.95. The van der Waals surface area contributed by atoms with Crippen molar-refractivity contribution in [2.45, 2.75) is 26.3 Å². The summed E-state index contributed by atoms with van der Waals surface area (Å²) in [5.74, 6) is 0.140. The summed E-state index contributed by atoms with van der Waals surface area (Å²) in [5, 5.41) is 2.44. The second-order valence-corrected chi connectivity index (χ2v) is 2.68. The number of amides is 1. The Morgan fingerprint density at radius 3 is 2.58 bits per heavy atom. The molecule has 0 aromatic rings. The van der Waals surface area contributed by atoms with Gasteiger partial charge in [0.05, 0.1) is 13.2 Å². The molecule has 0 saturated heterocycles. The van der Waals surface area contributed by atoms with Crippen LogP contribution >= 0.6 is 0 Å². The lowest BCUT2D eigenvalue weighted by Gasteiger charge is -2.17. The number of alkyl carbamates (subject to hydrolysis) is 1. The Morgan fingerprint density at radius 1 is 1.67 bits per heavy atom. The van der Waals surface area contributed by atoms with Gasteiger partial charge >= 0.3 is 6.09 Å². The number of hydrogen-bond donors (Lipinski definition) is 1. The molecule has 0 bridgehead atoms. The third-order valence-electron chi connectivity index (χ3n) is 1.87. The first kappa shape index (κ1) is 10.9. The minimum absolute atomic E-state index is 0.140. The lowest BCUT2D eigenvalue weighted by molar-refractivity contribution is -0.110. The number of hydrogen-bond acceptors (Lipinski definition) is 3. The van der Waals surface area contributed by atoms with E-state index in [0.717, 1.165) is 12.7 Å². The lowest BCUT2D eigenvalue weighted by atomic mass is 10.0. The van der Waals surface area contributed by atoms with Crippen LogP contribution in [0, 0.1) is 5.92 Å². The number of methoxy groups -OCH3 is 1. The molecule has 2 atom stereocenters. The predicted molar refractivity (Wildman–Crippen MR) is 44.8 cm³/mol. The summed E-state index contributed by atoms with van der Waals surface area (Å²) < 4.78 is 4.37. The fraction of sp³-hybridized carbons (Fsp3) is 0.750. The molecule has 1 amide bonds. The van der Waals surface area contributed by atoms with E-state index in [4.69, 9.17) is 0 Å². The van der Waals surface area contributed by atoms with Crippen LogP contribution in [0.5, 0.6) is 0 Å². The summed E-state index contributed by atoms with van der Waals surface area (Å²) in [6.07, 6.45) is 1.01. The molecule has 0 aliphatic rings. The van der Waals surface area contributed by atoms with Crippen LogP contribution in [0.4, 0.5) is 4.79 Å². The van der Waals surface area contributed by atoms with Crippen LogP contribution in [0.2, 0.25) is 0 Å². The lowest BCUT2D eigenvalue weighted by Crippen LogP contribution is -2.40. The van der Waals surface area contributed by atoms with Gasteiger partial charge in [-0.2, -0.15) is 0 Å². The molecule has 0 saturated carbocycles. The third-order valence-corrected chi connectivity index (χ3v) is 1.87. The molecular weight excluding hydrogens is 158 g/mol. The molecule has 0 aromatic carbocycles. The number of carbonyl (C=O) groups is 2. The quantitative estimate of drug-likeness (QED) is 0.644. The number of carbonyl (C=O) groups excluding carboxylic acids is 2. The van der Waals surface area contributed by atoms with E-state index in [1.165, 1.54) is 7.11 Å². The highest BCUT2D eigenvalue weighted by Crippen LogP contribution is 2.05. The fourth-order valence-electron chi connectivity index (χ4n) is 0.759. The third kappa shape index (κ3) is 3.37. The predicted octanol–water partition coefficient (Wildman–Crippen LogP) is 0.956. The number of aldehydes is 1. The van der Waals surface area contributed by atoms with Gasteiger partial charge in [0.1, 0.15) is 6.29 Å².